The summed E-state index contributed by atoms with van der Waals surface area (Å²) in [6.45, 7) is 10.1. The number of benzene rings is 1. The number of H-pyrrole nitrogens is 1. The number of carbonyl (C=O) groups is 2. The highest BCUT2D eigenvalue weighted by molar-refractivity contribution is 5.94. The van der Waals surface area contributed by atoms with Gasteiger partial charge in [-0.15, -0.1) is 0 Å². The van der Waals surface area contributed by atoms with Crippen molar-refractivity contribution in [3.63, 3.8) is 0 Å². The number of nitrogens with zero attached hydrogens (tertiary/aromatic N) is 2. The topological polar surface area (TPSA) is 85.9 Å². The van der Waals surface area contributed by atoms with E-state index in [9.17, 15) is 18.0 Å². The molecule has 37 heavy (non-hydrogen) atoms. The smallest absolute Gasteiger partial charge is 0.490 e. The summed E-state index contributed by atoms with van der Waals surface area (Å²) in [5.41, 5.74) is 2.49. The SMILES string of the molecule is CC(C)COc1ccccc1CN1CCC2(CC1)CCN(C(=O)c1cc[nH]c1)CC2.O=C(O)C(F)(F)F. The van der Waals surface area contributed by atoms with E-state index in [1.807, 2.05) is 17.2 Å². The van der Waals surface area contributed by atoms with Crippen molar-refractivity contribution in [1.29, 1.82) is 0 Å². The van der Waals surface area contributed by atoms with Crippen LogP contribution in [0.15, 0.2) is 42.7 Å². The zero-order valence-electron chi connectivity index (χ0n) is 21.4. The minimum absolute atomic E-state index is 0.168. The fourth-order valence-electron chi connectivity index (χ4n) is 4.78. The molecule has 0 saturated carbocycles. The van der Waals surface area contributed by atoms with E-state index in [2.05, 4.69) is 48.0 Å². The Morgan fingerprint density at radius 1 is 1.05 bits per heavy atom. The minimum atomic E-state index is -5.08. The van der Waals surface area contributed by atoms with E-state index in [0.717, 1.165) is 63.5 Å². The minimum Gasteiger partial charge on any atom is -0.493 e. The maximum atomic E-state index is 12.6. The zero-order valence-corrected chi connectivity index (χ0v) is 21.4. The number of alkyl halides is 3. The molecule has 2 aliphatic rings. The van der Waals surface area contributed by atoms with Crippen LogP contribution in [0.25, 0.3) is 0 Å². The third-order valence-corrected chi connectivity index (χ3v) is 7.05. The summed E-state index contributed by atoms with van der Waals surface area (Å²) in [6, 6.07) is 10.3. The molecule has 4 rings (SSSR count). The van der Waals surface area contributed by atoms with Gasteiger partial charge in [-0.25, -0.2) is 4.79 Å². The molecule has 2 N–H and O–H groups in total. The molecular weight excluding hydrogens is 487 g/mol. The first kappa shape index (κ1) is 28.6. The Balaban J connectivity index is 0.000000479. The van der Waals surface area contributed by atoms with Crippen molar-refractivity contribution in [1.82, 2.24) is 14.8 Å². The molecule has 0 atom stereocenters. The predicted octanol–water partition coefficient (Wildman–Crippen LogP) is 5.20. The number of carbonyl (C=O) groups excluding carboxylic acids is 1. The first-order valence-corrected chi connectivity index (χ1v) is 12.6. The van der Waals surface area contributed by atoms with Crippen LogP contribution in [0.5, 0.6) is 5.75 Å². The van der Waals surface area contributed by atoms with Crippen molar-refractivity contribution in [2.75, 3.05) is 32.8 Å². The number of halogens is 3. The fourth-order valence-corrected chi connectivity index (χ4v) is 4.78. The van der Waals surface area contributed by atoms with Gasteiger partial charge in [-0.1, -0.05) is 32.0 Å². The molecule has 0 radical (unpaired) electrons. The van der Waals surface area contributed by atoms with Crippen LogP contribution >= 0.6 is 0 Å². The number of nitrogens with one attached hydrogen (secondary N) is 1. The Labute approximate surface area is 215 Å². The lowest BCUT2D eigenvalue weighted by molar-refractivity contribution is -0.192. The maximum Gasteiger partial charge on any atom is 0.490 e. The monoisotopic (exact) mass is 523 g/mol. The maximum absolute atomic E-state index is 12.6. The van der Waals surface area contributed by atoms with Crippen LogP contribution in [0.4, 0.5) is 13.2 Å². The second kappa shape index (κ2) is 12.5. The van der Waals surface area contributed by atoms with Gasteiger partial charge in [0.25, 0.3) is 5.91 Å². The highest BCUT2D eigenvalue weighted by Crippen LogP contribution is 2.42. The van der Waals surface area contributed by atoms with Gasteiger partial charge in [0.1, 0.15) is 5.75 Å². The molecule has 3 heterocycles. The number of ether oxygens (including phenoxy) is 1. The molecule has 1 aromatic heterocycles. The van der Waals surface area contributed by atoms with Gasteiger partial charge in [0, 0.05) is 37.6 Å². The molecule has 1 spiro atoms. The zero-order chi connectivity index (χ0) is 27.1. The number of aromatic amines is 1. The summed E-state index contributed by atoms with van der Waals surface area (Å²) in [7, 11) is 0. The molecule has 2 saturated heterocycles. The van der Waals surface area contributed by atoms with Gasteiger partial charge in [-0.3, -0.25) is 9.69 Å². The van der Waals surface area contributed by atoms with E-state index in [0.29, 0.717) is 11.3 Å². The number of aromatic nitrogens is 1. The second-order valence-corrected chi connectivity index (χ2v) is 10.3. The first-order chi connectivity index (χ1) is 17.5. The van der Waals surface area contributed by atoms with Crippen LogP contribution in [-0.4, -0.2) is 70.7 Å². The number of hydrogen-bond acceptors (Lipinski definition) is 4. The van der Waals surface area contributed by atoms with E-state index in [1.165, 1.54) is 18.4 Å². The lowest BCUT2D eigenvalue weighted by Gasteiger charge is -2.47. The van der Waals surface area contributed by atoms with Crippen molar-refractivity contribution < 1.29 is 32.6 Å². The summed E-state index contributed by atoms with van der Waals surface area (Å²) < 4.78 is 37.8. The van der Waals surface area contributed by atoms with Gasteiger partial charge < -0.3 is 19.7 Å². The second-order valence-electron chi connectivity index (χ2n) is 10.3. The molecule has 1 aromatic carbocycles. The number of hydrogen-bond donors (Lipinski definition) is 2. The standard InChI is InChI=1S/C25H35N3O2.C2HF3O2/c1-20(2)19-30-23-6-4-3-5-22(23)18-27-13-8-25(9-14-27)10-15-28(16-11-25)24(29)21-7-12-26-17-21;3-2(4,5)1(6)7/h3-7,12,17,20,26H,8-11,13-16,18-19H2,1-2H3;(H,6,7). The van der Waals surface area contributed by atoms with Crippen molar-refractivity contribution in [2.24, 2.45) is 11.3 Å². The van der Waals surface area contributed by atoms with Crippen molar-refractivity contribution in [3.05, 3.63) is 53.9 Å². The van der Waals surface area contributed by atoms with Crippen molar-refractivity contribution in [3.8, 4) is 5.75 Å². The largest absolute Gasteiger partial charge is 0.493 e. The van der Waals surface area contributed by atoms with Crippen LogP contribution in [-0.2, 0) is 11.3 Å². The Kier molecular flexibility index (Phi) is 9.64. The molecule has 1 amide bonds. The normalized spacial score (nSPS) is 17.8. The van der Waals surface area contributed by atoms with Crippen LogP contribution in [0, 0.1) is 11.3 Å². The molecular formula is C27H36F3N3O4. The Hall–Kier alpha value is -3.01. The van der Waals surface area contributed by atoms with Crippen LogP contribution in [0.2, 0.25) is 0 Å². The molecule has 0 aliphatic carbocycles. The van der Waals surface area contributed by atoms with Gasteiger partial charge in [-0.05, 0) is 62.2 Å². The molecule has 10 heteroatoms. The first-order valence-electron chi connectivity index (χ1n) is 12.6. The van der Waals surface area contributed by atoms with Crippen LogP contribution in [0.3, 0.4) is 0 Å². The highest BCUT2D eigenvalue weighted by Gasteiger charge is 2.39. The number of likely N-dealkylation sites (tertiary alicyclic amines) is 2. The molecule has 0 bridgehead atoms. The summed E-state index contributed by atoms with van der Waals surface area (Å²) in [5.74, 6) is -1.03. The number of para-hydroxylation sites is 1. The van der Waals surface area contributed by atoms with E-state index in [1.54, 1.807) is 6.20 Å². The average Bonchev–Trinajstić information content (AvgIpc) is 3.40. The van der Waals surface area contributed by atoms with E-state index in [-0.39, 0.29) is 5.91 Å². The van der Waals surface area contributed by atoms with E-state index < -0.39 is 12.1 Å². The third kappa shape index (κ3) is 8.24. The number of aliphatic carboxylic acids is 1. The van der Waals surface area contributed by atoms with E-state index in [4.69, 9.17) is 14.6 Å². The van der Waals surface area contributed by atoms with Gasteiger partial charge in [0.15, 0.2) is 0 Å². The van der Waals surface area contributed by atoms with Gasteiger partial charge in [0.05, 0.1) is 12.2 Å². The Morgan fingerprint density at radius 3 is 2.19 bits per heavy atom. The number of carboxylic acid groups (broad SMARTS) is 1. The molecule has 7 nitrogen and oxygen atoms in total. The van der Waals surface area contributed by atoms with Crippen molar-refractivity contribution in [2.45, 2.75) is 52.3 Å². The highest BCUT2D eigenvalue weighted by atomic mass is 19.4. The van der Waals surface area contributed by atoms with Crippen molar-refractivity contribution >= 4 is 11.9 Å². The summed E-state index contributed by atoms with van der Waals surface area (Å²) in [5, 5.41) is 7.12. The number of amides is 1. The molecule has 2 aliphatic heterocycles. The van der Waals surface area contributed by atoms with Crippen LogP contribution in [0.1, 0.15) is 55.5 Å². The molecule has 2 fully saturated rings. The average molecular weight is 524 g/mol. The Bertz CT molecular complexity index is 1010. The predicted molar refractivity (Wildman–Crippen MR) is 133 cm³/mol. The van der Waals surface area contributed by atoms with Gasteiger partial charge in [0.2, 0.25) is 0 Å². The summed E-state index contributed by atoms with van der Waals surface area (Å²) in [6.07, 6.45) is 3.26. The van der Waals surface area contributed by atoms with Gasteiger partial charge >= 0.3 is 12.1 Å². The number of rotatable bonds is 6. The summed E-state index contributed by atoms with van der Waals surface area (Å²) >= 11 is 0. The lowest BCUT2D eigenvalue weighted by atomic mass is 9.71. The molecule has 204 valence electrons. The quantitative estimate of drug-likeness (QED) is 0.544. The Morgan fingerprint density at radius 2 is 1.65 bits per heavy atom. The fraction of sp³-hybridized carbons (Fsp3) is 0.556. The number of carboxylic acids is 1. The van der Waals surface area contributed by atoms with Gasteiger partial charge in [-0.2, -0.15) is 13.2 Å². The molecule has 2 aromatic rings. The number of piperidine rings is 2. The summed E-state index contributed by atoms with van der Waals surface area (Å²) in [4.78, 5) is 29.1. The van der Waals surface area contributed by atoms with Crippen LogP contribution < -0.4 is 4.74 Å². The third-order valence-electron chi connectivity index (χ3n) is 7.05. The lowest BCUT2D eigenvalue weighted by Crippen LogP contribution is -2.48. The van der Waals surface area contributed by atoms with E-state index >= 15 is 0 Å². The molecule has 0 unspecified atom stereocenters.